The number of hydrogen-bond donors (Lipinski definition) is 3. The molecular formula is C23H21N3O3. The topological polar surface area (TPSA) is 87.3 Å². The lowest BCUT2D eigenvalue weighted by molar-refractivity contribution is -0.136. The Labute approximate surface area is 169 Å². The second-order valence-corrected chi connectivity index (χ2v) is 6.44. The molecular weight excluding hydrogens is 366 g/mol. The highest BCUT2D eigenvalue weighted by Gasteiger charge is 2.21. The molecule has 0 unspecified atom stereocenters. The van der Waals surface area contributed by atoms with Gasteiger partial charge in [-0.25, -0.2) is 0 Å². The van der Waals surface area contributed by atoms with Crippen LogP contribution in [0, 0.1) is 0 Å². The lowest BCUT2D eigenvalue weighted by atomic mass is 9.99. The van der Waals surface area contributed by atoms with Crippen LogP contribution >= 0.6 is 0 Å². The van der Waals surface area contributed by atoms with Crippen molar-refractivity contribution >= 4 is 29.1 Å². The summed E-state index contributed by atoms with van der Waals surface area (Å²) >= 11 is 0. The van der Waals surface area contributed by atoms with Crippen molar-refractivity contribution in [2.45, 2.75) is 13.0 Å². The Bertz CT molecular complexity index is 947. The van der Waals surface area contributed by atoms with Gasteiger partial charge in [0.25, 0.3) is 0 Å². The van der Waals surface area contributed by atoms with Crippen molar-refractivity contribution in [3.05, 3.63) is 96.1 Å². The minimum Gasteiger partial charge on any atom is -0.337 e. The summed E-state index contributed by atoms with van der Waals surface area (Å²) in [5.41, 5.74) is 2.81. The van der Waals surface area contributed by atoms with E-state index in [1.165, 1.54) is 6.92 Å². The summed E-state index contributed by atoms with van der Waals surface area (Å²) in [6, 6.07) is 25.0. The van der Waals surface area contributed by atoms with E-state index < -0.39 is 17.9 Å². The molecule has 0 spiro atoms. The van der Waals surface area contributed by atoms with Crippen molar-refractivity contribution in [2.24, 2.45) is 0 Å². The Hall–Kier alpha value is -3.93. The molecule has 0 radical (unpaired) electrons. The van der Waals surface area contributed by atoms with Crippen LogP contribution in [0.3, 0.4) is 0 Å². The van der Waals surface area contributed by atoms with Crippen LogP contribution in [0.2, 0.25) is 0 Å². The van der Waals surface area contributed by atoms with Crippen LogP contribution in [0.25, 0.3) is 0 Å². The molecule has 3 amide bonds. The van der Waals surface area contributed by atoms with Gasteiger partial charge < -0.3 is 16.0 Å². The number of anilines is 2. The van der Waals surface area contributed by atoms with E-state index in [0.717, 1.165) is 11.1 Å². The summed E-state index contributed by atoms with van der Waals surface area (Å²) in [5.74, 6) is -1.70. The third-order valence-corrected chi connectivity index (χ3v) is 4.21. The molecule has 3 aromatic carbocycles. The molecule has 3 rings (SSSR count). The van der Waals surface area contributed by atoms with Gasteiger partial charge in [-0.2, -0.15) is 0 Å². The zero-order valence-electron chi connectivity index (χ0n) is 15.9. The number of carbonyl (C=O) groups excluding carboxylic acids is 3. The smallest absolute Gasteiger partial charge is 0.313 e. The highest BCUT2D eigenvalue weighted by atomic mass is 16.2. The van der Waals surface area contributed by atoms with Gasteiger partial charge in [-0.1, -0.05) is 60.7 Å². The van der Waals surface area contributed by atoms with Crippen molar-refractivity contribution in [3.8, 4) is 0 Å². The second-order valence-electron chi connectivity index (χ2n) is 6.44. The first-order valence-corrected chi connectivity index (χ1v) is 9.12. The molecule has 0 saturated carbocycles. The van der Waals surface area contributed by atoms with Crippen LogP contribution in [0.15, 0.2) is 84.9 Å². The third-order valence-electron chi connectivity index (χ3n) is 4.21. The molecule has 6 heteroatoms. The molecule has 0 atom stereocenters. The van der Waals surface area contributed by atoms with Gasteiger partial charge >= 0.3 is 11.8 Å². The van der Waals surface area contributed by atoms with Crippen LogP contribution in [0.1, 0.15) is 24.1 Å². The van der Waals surface area contributed by atoms with E-state index >= 15 is 0 Å². The average molecular weight is 387 g/mol. The fourth-order valence-corrected chi connectivity index (χ4v) is 2.87. The highest BCUT2D eigenvalue weighted by molar-refractivity contribution is 6.39. The molecule has 3 aromatic rings. The predicted molar refractivity (Wildman–Crippen MR) is 112 cm³/mol. The molecule has 0 aliphatic heterocycles. The summed E-state index contributed by atoms with van der Waals surface area (Å²) in [6.07, 6.45) is 0. The van der Waals surface area contributed by atoms with Crippen LogP contribution in [0.5, 0.6) is 0 Å². The average Bonchev–Trinajstić information content (AvgIpc) is 2.74. The lowest BCUT2D eigenvalue weighted by Gasteiger charge is -2.19. The molecule has 0 saturated heterocycles. The Morgan fingerprint density at radius 3 is 1.52 bits per heavy atom. The maximum Gasteiger partial charge on any atom is 0.313 e. The molecule has 0 aliphatic rings. The van der Waals surface area contributed by atoms with Gasteiger partial charge in [-0.05, 0) is 35.4 Å². The molecule has 0 heterocycles. The molecule has 146 valence electrons. The van der Waals surface area contributed by atoms with Crippen LogP contribution in [0.4, 0.5) is 11.4 Å². The first-order chi connectivity index (χ1) is 14.0. The summed E-state index contributed by atoms with van der Waals surface area (Å²) < 4.78 is 0. The van der Waals surface area contributed by atoms with Crippen molar-refractivity contribution in [1.29, 1.82) is 0 Å². The van der Waals surface area contributed by atoms with Crippen LogP contribution in [-0.4, -0.2) is 17.7 Å². The fourth-order valence-electron chi connectivity index (χ4n) is 2.87. The highest BCUT2D eigenvalue weighted by Crippen LogP contribution is 2.21. The molecule has 29 heavy (non-hydrogen) atoms. The van der Waals surface area contributed by atoms with Gasteiger partial charge in [0, 0.05) is 18.3 Å². The number of benzene rings is 3. The summed E-state index contributed by atoms with van der Waals surface area (Å²) in [4.78, 5) is 36.0. The van der Waals surface area contributed by atoms with Gasteiger partial charge in [-0.3, -0.25) is 14.4 Å². The zero-order chi connectivity index (χ0) is 20.6. The minimum absolute atomic E-state index is 0.186. The maximum absolute atomic E-state index is 12.5. The van der Waals surface area contributed by atoms with Gasteiger partial charge in [0.2, 0.25) is 5.91 Å². The van der Waals surface area contributed by atoms with Gasteiger partial charge in [0.05, 0.1) is 6.04 Å². The fraction of sp³-hybridized carbons (Fsp3) is 0.0870. The maximum atomic E-state index is 12.5. The van der Waals surface area contributed by atoms with Crippen molar-refractivity contribution in [2.75, 3.05) is 10.6 Å². The molecule has 0 aromatic heterocycles. The number of nitrogens with one attached hydrogen (secondary N) is 3. The Morgan fingerprint density at radius 2 is 1.07 bits per heavy atom. The summed E-state index contributed by atoms with van der Waals surface area (Å²) in [6.45, 7) is 1.41. The molecule has 3 N–H and O–H groups in total. The predicted octanol–water partition coefficient (Wildman–Crippen LogP) is 3.49. The van der Waals surface area contributed by atoms with E-state index in [2.05, 4.69) is 16.0 Å². The lowest BCUT2D eigenvalue weighted by Crippen LogP contribution is -2.38. The van der Waals surface area contributed by atoms with Crippen molar-refractivity contribution in [3.63, 3.8) is 0 Å². The SMILES string of the molecule is CC(=O)Nc1ccc(NC(=O)C(=O)NC(c2ccccc2)c2ccccc2)cc1. The Kier molecular flexibility index (Phi) is 6.37. The van der Waals surface area contributed by atoms with Gasteiger partial charge in [0.1, 0.15) is 0 Å². The molecule has 0 bridgehead atoms. The number of rotatable bonds is 5. The van der Waals surface area contributed by atoms with Crippen molar-refractivity contribution in [1.82, 2.24) is 5.32 Å². The molecule has 6 nitrogen and oxygen atoms in total. The van der Waals surface area contributed by atoms with E-state index in [0.29, 0.717) is 11.4 Å². The zero-order valence-corrected chi connectivity index (χ0v) is 15.9. The van der Waals surface area contributed by atoms with E-state index in [1.54, 1.807) is 24.3 Å². The largest absolute Gasteiger partial charge is 0.337 e. The van der Waals surface area contributed by atoms with E-state index in [1.807, 2.05) is 60.7 Å². The molecule has 0 fully saturated rings. The number of carbonyl (C=O) groups is 3. The van der Waals surface area contributed by atoms with E-state index in [4.69, 9.17) is 0 Å². The van der Waals surface area contributed by atoms with Crippen LogP contribution < -0.4 is 16.0 Å². The van der Waals surface area contributed by atoms with Crippen LogP contribution in [-0.2, 0) is 14.4 Å². The first-order valence-electron chi connectivity index (χ1n) is 9.12. The van der Waals surface area contributed by atoms with Gasteiger partial charge in [-0.15, -0.1) is 0 Å². The monoisotopic (exact) mass is 387 g/mol. The Balaban J connectivity index is 1.71. The van der Waals surface area contributed by atoms with E-state index in [9.17, 15) is 14.4 Å². The van der Waals surface area contributed by atoms with Crippen molar-refractivity contribution < 1.29 is 14.4 Å². The minimum atomic E-state index is -0.769. The quantitative estimate of drug-likeness (QED) is 0.586. The Morgan fingerprint density at radius 1 is 0.621 bits per heavy atom. The van der Waals surface area contributed by atoms with E-state index in [-0.39, 0.29) is 5.91 Å². The first kappa shape index (κ1) is 19.8. The van der Waals surface area contributed by atoms with Gasteiger partial charge in [0.15, 0.2) is 0 Å². The second kappa shape index (κ2) is 9.32. The molecule has 0 aliphatic carbocycles. The summed E-state index contributed by atoms with van der Waals surface area (Å²) in [5, 5.41) is 8.01. The summed E-state index contributed by atoms with van der Waals surface area (Å²) in [7, 11) is 0. The third kappa shape index (κ3) is 5.52. The number of amides is 3. The normalized spacial score (nSPS) is 10.3. The number of hydrogen-bond acceptors (Lipinski definition) is 3. The standard InChI is InChI=1S/C23H21N3O3/c1-16(27)24-19-12-14-20(15-13-19)25-22(28)23(29)26-21(17-8-4-2-5-9-17)18-10-6-3-7-11-18/h2-15,21H,1H3,(H,24,27)(H,25,28)(H,26,29).